The van der Waals surface area contributed by atoms with Gasteiger partial charge in [-0.05, 0) is 49.8 Å². The van der Waals surface area contributed by atoms with Crippen molar-refractivity contribution in [3.8, 4) is 0 Å². The van der Waals surface area contributed by atoms with Gasteiger partial charge in [0.25, 0.3) is 5.91 Å². The van der Waals surface area contributed by atoms with E-state index in [0.29, 0.717) is 11.5 Å². The Bertz CT molecular complexity index is 540. The number of carbonyl (C=O) groups is 2. The topological polar surface area (TPSA) is 92.4 Å². The monoisotopic (exact) mass is 354 g/mol. The number of hydrogen-bond acceptors (Lipinski definition) is 3. The summed E-state index contributed by atoms with van der Waals surface area (Å²) in [6, 6.07) is 5.38. The molecule has 21 heavy (non-hydrogen) atoms. The Morgan fingerprint density at radius 2 is 1.95 bits per heavy atom. The van der Waals surface area contributed by atoms with Crippen LogP contribution >= 0.6 is 15.9 Å². The highest BCUT2D eigenvalue weighted by Crippen LogP contribution is 2.29. The second kappa shape index (κ2) is 6.93. The number of carbonyl (C=O) groups excluding carboxylic acids is 1. The maximum absolute atomic E-state index is 11.4. The molecule has 1 aromatic rings. The van der Waals surface area contributed by atoms with Gasteiger partial charge < -0.3 is 16.2 Å². The molecule has 0 saturated heterocycles. The highest BCUT2D eigenvalue weighted by Gasteiger charge is 2.25. The number of anilines is 1. The van der Waals surface area contributed by atoms with Gasteiger partial charge in [0.05, 0.1) is 11.5 Å². The highest BCUT2D eigenvalue weighted by atomic mass is 79.9. The number of rotatable bonds is 5. The van der Waals surface area contributed by atoms with E-state index >= 15 is 0 Å². The summed E-state index contributed by atoms with van der Waals surface area (Å²) in [6.45, 7) is 0.730. The molecule has 1 amide bonds. The van der Waals surface area contributed by atoms with Crippen LogP contribution in [0.1, 0.15) is 36.0 Å². The predicted octanol–water partition coefficient (Wildman–Crippen LogP) is 2.85. The van der Waals surface area contributed by atoms with Crippen LogP contribution in [-0.4, -0.2) is 23.5 Å². The highest BCUT2D eigenvalue weighted by molar-refractivity contribution is 9.10. The van der Waals surface area contributed by atoms with Gasteiger partial charge in [0.15, 0.2) is 0 Å². The fourth-order valence-electron chi connectivity index (χ4n) is 2.74. The molecule has 1 aliphatic carbocycles. The molecule has 0 aromatic heterocycles. The average molecular weight is 355 g/mol. The first-order chi connectivity index (χ1) is 9.97. The predicted molar refractivity (Wildman–Crippen MR) is 84.2 cm³/mol. The molecule has 0 spiro atoms. The maximum Gasteiger partial charge on any atom is 0.306 e. The molecular formula is C15H19BrN2O3. The Labute approximate surface area is 132 Å². The molecule has 0 aliphatic heterocycles. The largest absolute Gasteiger partial charge is 0.481 e. The summed E-state index contributed by atoms with van der Waals surface area (Å²) < 4.78 is 0.809. The molecule has 0 unspecified atom stereocenters. The first-order valence-corrected chi connectivity index (χ1v) is 7.82. The number of benzene rings is 1. The molecule has 0 radical (unpaired) electrons. The Morgan fingerprint density at radius 1 is 1.29 bits per heavy atom. The molecule has 1 saturated carbocycles. The molecule has 2 rings (SSSR count). The zero-order chi connectivity index (χ0) is 15.4. The smallest absolute Gasteiger partial charge is 0.306 e. The SMILES string of the molecule is NC(=O)c1cc(Br)ccc1NCC1CCC(C(=O)O)CC1. The molecule has 114 valence electrons. The Morgan fingerprint density at radius 3 is 2.52 bits per heavy atom. The maximum atomic E-state index is 11.4. The third kappa shape index (κ3) is 4.20. The van der Waals surface area contributed by atoms with E-state index in [9.17, 15) is 9.59 Å². The lowest BCUT2D eigenvalue weighted by molar-refractivity contribution is -0.143. The second-order valence-electron chi connectivity index (χ2n) is 5.49. The minimum atomic E-state index is -0.690. The van der Waals surface area contributed by atoms with Crippen molar-refractivity contribution >= 4 is 33.5 Å². The van der Waals surface area contributed by atoms with Gasteiger partial charge in [-0.15, -0.1) is 0 Å². The van der Waals surface area contributed by atoms with Gasteiger partial charge in [-0.3, -0.25) is 9.59 Å². The van der Waals surface area contributed by atoms with Crippen molar-refractivity contribution in [3.63, 3.8) is 0 Å². The van der Waals surface area contributed by atoms with Gasteiger partial charge in [-0.1, -0.05) is 15.9 Å². The summed E-state index contributed by atoms with van der Waals surface area (Å²) in [7, 11) is 0. The number of carboxylic acids is 1. The third-order valence-corrected chi connectivity index (χ3v) is 4.52. The van der Waals surface area contributed by atoms with Crippen molar-refractivity contribution in [1.29, 1.82) is 0 Å². The summed E-state index contributed by atoms with van der Waals surface area (Å²) in [4.78, 5) is 22.4. The third-order valence-electron chi connectivity index (χ3n) is 4.02. The van der Waals surface area contributed by atoms with Crippen molar-refractivity contribution in [2.24, 2.45) is 17.6 Å². The van der Waals surface area contributed by atoms with Crippen molar-refractivity contribution in [3.05, 3.63) is 28.2 Å². The number of carboxylic acid groups (broad SMARTS) is 1. The van der Waals surface area contributed by atoms with Crippen molar-refractivity contribution in [2.75, 3.05) is 11.9 Å². The van der Waals surface area contributed by atoms with Crippen LogP contribution in [-0.2, 0) is 4.79 Å². The van der Waals surface area contributed by atoms with E-state index in [4.69, 9.17) is 10.8 Å². The molecule has 5 nitrogen and oxygen atoms in total. The first-order valence-electron chi connectivity index (χ1n) is 7.03. The van der Waals surface area contributed by atoms with Crippen molar-refractivity contribution < 1.29 is 14.7 Å². The summed E-state index contributed by atoms with van der Waals surface area (Å²) in [5, 5.41) is 12.3. The summed E-state index contributed by atoms with van der Waals surface area (Å²) >= 11 is 3.32. The molecule has 0 atom stereocenters. The minimum absolute atomic E-state index is 0.199. The molecule has 1 aliphatic rings. The summed E-state index contributed by atoms with van der Waals surface area (Å²) in [5.41, 5.74) is 6.57. The number of halogens is 1. The fraction of sp³-hybridized carbons (Fsp3) is 0.467. The molecule has 0 bridgehead atoms. The Hall–Kier alpha value is -1.56. The minimum Gasteiger partial charge on any atom is -0.481 e. The van der Waals surface area contributed by atoms with Crippen molar-refractivity contribution in [2.45, 2.75) is 25.7 Å². The van der Waals surface area contributed by atoms with E-state index in [1.54, 1.807) is 6.07 Å². The van der Waals surface area contributed by atoms with Gasteiger partial charge in [0, 0.05) is 16.7 Å². The van der Waals surface area contributed by atoms with E-state index in [1.165, 1.54) is 0 Å². The van der Waals surface area contributed by atoms with Crippen LogP contribution < -0.4 is 11.1 Å². The van der Waals surface area contributed by atoms with Crippen LogP contribution in [0.4, 0.5) is 5.69 Å². The zero-order valence-electron chi connectivity index (χ0n) is 11.6. The van der Waals surface area contributed by atoms with E-state index in [-0.39, 0.29) is 5.92 Å². The molecule has 6 heteroatoms. The lowest BCUT2D eigenvalue weighted by atomic mass is 9.82. The number of nitrogens with two attached hydrogens (primary N) is 1. The normalized spacial score (nSPS) is 21.8. The van der Waals surface area contributed by atoms with Crippen LogP contribution in [0.2, 0.25) is 0 Å². The van der Waals surface area contributed by atoms with Gasteiger partial charge in [-0.2, -0.15) is 0 Å². The Balaban J connectivity index is 1.92. The fourth-order valence-corrected chi connectivity index (χ4v) is 3.10. The number of amides is 1. The molecule has 4 N–H and O–H groups in total. The summed E-state index contributed by atoms with van der Waals surface area (Å²) in [6.07, 6.45) is 3.24. The zero-order valence-corrected chi connectivity index (χ0v) is 13.2. The summed E-state index contributed by atoms with van der Waals surface area (Å²) in [5.74, 6) is -0.918. The van der Waals surface area contributed by atoms with Crippen LogP contribution in [0.3, 0.4) is 0 Å². The van der Waals surface area contributed by atoms with Gasteiger partial charge in [0.2, 0.25) is 0 Å². The van der Waals surface area contributed by atoms with E-state index in [1.807, 2.05) is 12.1 Å². The molecule has 1 aromatic carbocycles. The van der Waals surface area contributed by atoms with Crippen molar-refractivity contribution in [1.82, 2.24) is 0 Å². The molecule has 0 heterocycles. The van der Waals surface area contributed by atoms with Crippen LogP contribution in [0.25, 0.3) is 0 Å². The number of nitrogens with one attached hydrogen (secondary N) is 1. The lowest BCUT2D eigenvalue weighted by Crippen LogP contribution is -2.25. The van der Waals surface area contributed by atoms with E-state index in [0.717, 1.165) is 42.4 Å². The van der Waals surface area contributed by atoms with E-state index < -0.39 is 11.9 Å². The lowest BCUT2D eigenvalue weighted by Gasteiger charge is -2.26. The van der Waals surface area contributed by atoms with Gasteiger partial charge >= 0.3 is 5.97 Å². The number of primary amides is 1. The standard InChI is InChI=1S/C15H19BrN2O3/c16-11-5-6-13(12(7-11)14(17)19)18-8-9-1-3-10(4-2-9)15(20)21/h5-7,9-10,18H,1-4,8H2,(H2,17,19)(H,20,21). The van der Waals surface area contributed by atoms with Gasteiger partial charge in [0.1, 0.15) is 0 Å². The Kier molecular flexibility index (Phi) is 5.22. The van der Waals surface area contributed by atoms with Gasteiger partial charge in [-0.25, -0.2) is 0 Å². The number of aliphatic carboxylic acids is 1. The van der Waals surface area contributed by atoms with Crippen LogP contribution in [0, 0.1) is 11.8 Å². The average Bonchev–Trinajstić information content (AvgIpc) is 2.46. The molecular weight excluding hydrogens is 336 g/mol. The van der Waals surface area contributed by atoms with E-state index in [2.05, 4.69) is 21.2 Å². The van der Waals surface area contributed by atoms with Crippen LogP contribution in [0.15, 0.2) is 22.7 Å². The quantitative estimate of drug-likeness (QED) is 0.757. The molecule has 1 fully saturated rings. The second-order valence-corrected chi connectivity index (χ2v) is 6.41. The number of hydrogen-bond donors (Lipinski definition) is 3. The first kappa shape index (κ1) is 15.8. The van der Waals surface area contributed by atoms with Crippen LogP contribution in [0.5, 0.6) is 0 Å².